The number of aliphatic imine (C=N–C) groups is 1. The highest BCUT2D eigenvalue weighted by molar-refractivity contribution is 14.0. The summed E-state index contributed by atoms with van der Waals surface area (Å²) in [5, 5.41) is 6.01. The van der Waals surface area contributed by atoms with Crippen molar-refractivity contribution in [3.8, 4) is 0 Å². The van der Waals surface area contributed by atoms with E-state index >= 15 is 0 Å². The second kappa shape index (κ2) is 7.12. The van der Waals surface area contributed by atoms with Gasteiger partial charge in [-0.2, -0.15) is 0 Å². The Morgan fingerprint density at radius 2 is 1.96 bits per heavy atom. The number of nitrogens with zero attached hydrogens (tertiary/aromatic N) is 3. The number of nitrogens with one attached hydrogen (secondary N) is 1. The minimum atomic E-state index is 0. The molecule has 0 unspecified atom stereocenters. The summed E-state index contributed by atoms with van der Waals surface area (Å²) in [6.45, 7) is 1.86. The SMILES string of the molecule is I.c1cc2c3c(cccc3c1)C(=NCCCCn1ccnc1)N2. The largest absolute Gasteiger partial charge is 0.339 e. The quantitative estimate of drug-likeness (QED) is 0.496. The third-order valence-corrected chi connectivity index (χ3v) is 4.07. The Bertz CT molecular complexity index is 819. The van der Waals surface area contributed by atoms with E-state index in [1.807, 2.05) is 18.7 Å². The highest BCUT2D eigenvalue weighted by Crippen LogP contribution is 2.32. The molecule has 0 spiro atoms. The average Bonchev–Trinajstić information content (AvgIpc) is 3.17. The minimum Gasteiger partial charge on any atom is -0.339 e. The van der Waals surface area contributed by atoms with Crippen molar-refractivity contribution in [3.63, 3.8) is 0 Å². The van der Waals surface area contributed by atoms with Crippen LogP contribution in [0.15, 0.2) is 60.1 Å². The van der Waals surface area contributed by atoms with Crippen LogP contribution < -0.4 is 5.32 Å². The Kier molecular flexibility index (Phi) is 4.95. The highest BCUT2D eigenvalue weighted by Gasteiger charge is 2.18. The molecule has 0 amide bonds. The zero-order chi connectivity index (χ0) is 14.8. The van der Waals surface area contributed by atoms with E-state index in [1.165, 1.54) is 22.0 Å². The van der Waals surface area contributed by atoms with Crippen LogP contribution in [0.3, 0.4) is 0 Å². The fourth-order valence-electron chi connectivity index (χ4n) is 2.98. The third kappa shape index (κ3) is 3.24. The number of benzene rings is 2. The van der Waals surface area contributed by atoms with Crippen molar-refractivity contribution in [1.29, 1.82) is 0 Å². The molecular weight excluding hydrogens is 399 g/mol. The van der Waals surface area contributed by atoms with Crippen molar-refractivity contribution in [1.82, 2.24) is 9.55 Å². The molecule has 4 nitrogen and oxygen atoms in total. The molecule has 0 saturated carbocycles. The number of amidine groups is 1. The summed E-state index contributed by atoms with van der Waals surface area (Å²) in [6.07, 6.45) is 7.88. The lowest BCUT2D eigenvalue weighted by atomic mass is 10.1. The molecule has 1 aromatic heterocycles. The van der Waals surface area contributed by atoms with Gasteiger partial charge in [0.15, 0.2) is 0 Å². The van der Waals surface area contributed by atoms with Gasteiger partial charge < -0.3 is 9.88 Å². The molecule has 1 aliphatic rings. The number of anilines is 1. The van der Waals surface area contributed by atoms with Gasteiger partial charge in [0.2, 0.25) is 0 Å². The van der Waals surface area contributed by atoms with Gasteiger partial charge in [0.25, 0.3) is 0 Å². The number of hydrogen-bond donors (Lipinski definition) is 1. The highest BCUT2D eigenvalue weighted by atomic mass is 127. The number of rotatable bonds is 5. The van der Waals surface area contributed by atoms with E-state index in [0.29, 0.717) is 0 Å². The zero-order valence-corrected chi connectivity index (χ0v) is 15.1. The predicted octanol–water partition coefficient (Wildman–Crippen LogP) is 4.31. The molecule has 5 heteroatoms. The second-order valence-corrected chi connectivity index (χ2v) is 5.57. The normalized spacial score (nSPS) is 14.0. The Morgan fingerprint density at radius 3 is 2.78 bits per heavy atom. The fraction of sp³-hybridized carbons (Fsp3) is 0.222. The number of imidazole rings is 1. The summed E-state index contributed by atoms with van der Waals surface area (Å²) in [5.41, 5.74) is 2.40. The standard InChI is InChI=1S/C18H18N4.HI/c1(2-11-22-12-10-19-13-22)9-20-18-15-7-3-5-14-6-4-8-16(21-18)17(14)15;/h3-8,10,12-13H,1-2,9,11H2,(H,20,21);1H. The molecule has 1 aliphatic heterocycles. The van der Waals surface area contributed by atoms with E-state index in [1.54, 1.807) is 0 Å². The van der Waals surface area contributed by atoms with Crippen LogP contribution >= 0.6 is 24.0 Å². The van der Waals surface area contributed by atoms with Gasteiger partial charge in [0, 0.05) is 42.1 Å². The van der Waals surface area contributed by atoms with E-state index in [0.717, 1.165) is 31.8 Å². The summed E-state index contributed by atoms with van der Waals surface area (Å²) in [5.74, 6) is 1.01. The van der Waals surface area contributed by atoms with E-state index in [4.69, 9.17) is 4.99 Å². The maximum atomic E-state index is 4.76. The van der Waals surface area contributed by atoms with Gasteiger partial charge in [-0.25, -0.2) is 4.98 Å². The maximum Gasteiger partial charge on any atom is 0.133 e. The number of aryl methyl sites for hydroxylation is 1. The Hall–Kier alpha value is -1.89. The first-order valence-electron chi connectivity index (χ1n) is 7.71. The van der Waals surface area contributed by atoms with Gasteiger partial charge in [0.1, 0.15) is 5.84 Å². The molecule has 118 valence electrons. The Balaban J connectivity index is 0.00000156. The lowest BCUT2D eigenvalue weighted by Crippen LogP contribution is -2.08. The Morgan fingerprint density at radius 1 is 1.09 bits per heavy atom. The van der Waals surface area contributed by atoms with Crippen molar-refractivity contribution in [2.45, 2.75) is 19.4 Å². The number of aromatic nitrogens is 2. The van der Waals surface area contributed by atoms with Crippen molar-refractivity contribution in [2.24, 2.45) is 4.99 Å². The average molecular weight is 418 g/mol. The van der Waals surface area contributed by atoms with Crippen LogP contribution in [0.1, 0.15) is 18.4 Å². The van der Waals surface area contributed by atoms with Crippen molar-refractivity contribution < 1.29 is 0 Å². The summed E-state index contributed by atoms with van der Waals surface area (Å²) < 4.78 is 2.11. The summed E-state index contributed by atoms with van der Waals surface area (Å²) in [4.78, 5) is 8.82. The molecule has 0 fully saturated rings. The summed E-state index contributed by atoms with van der Waals surface area (Å²) >= 11 is 0. The first-order chi connectivity index (χ1) is 10.9. The van der Waals surface area contributed by atoms with Gasteiger partial charge in [-0.1, -0.05) is 30.3 Å². The summed E-state index contributed by atoms with van der Waals surface area (Å²) in [7, 11) is 0. The van der Waals surface area contributed by atoms with Crippen molar-refractivity contribution in [2.75, 3.05) is 11.9 Å². The van der Waals surface area contributed by atoms with Crippen LogP contribution in [0.5, 0.6) is 0 Å². The van der Waals surface area contributed by atoms with Gasteiger partial charge in [-0.3, -0.25) is 4.99 Å². The molecule has 0 atom stereocenters. The predicted molar refractivity (Wildman–Crippen MR) is 106 cm³/mol. The van der Waals surface area contributed by atoms with Gasteiger partial charge in [-0.05, 0) is 24.3 Å². The molecule has 2 heterocycles. The molecule has 1 N–H and O–H groups in total. The van der Waals surface area contributed by atoms with E-state index in [9.17, 15) is 0 Å². The van der Waals surface area contributed by atoms with E-state index < -0.39 is 0 Å². The van der Waals surface area contributed by atoms with Crippen LogP contribution in [-0.2, 0) is 6.54 Å². The van der Waals surface area contributed by atoms with Crippen LogP contribution in [0, 0.1) is 0 Å². The van der Waals surface area contributed by atoms with Crippen LogP contribution in [0.25, 0.3) is 10.8 Å². The first-order valence-corrected chi connectivity index (χ1v) is 7.71. The zero-order valence-electron chi connectivity index (χ0n) is 12.8. The molecular formula is C18H19IN4. The monoisotopic (exact) mass is 418 g/mol. The summed E-state index contributed by atoms with van der Waals surface area (Å²) in [6, 6.07) is 12.8. The molecule has 4 rings (SSSR count). The minimum absolute atomic E-state index is 0. The third-order valence-electron chi connectivity index (χ3n) is 4.07. The van der Waals surface area contributed by atoms with E-state index in [-0.39, 0.29) is 24.0 Å². The van der Waals surface area contributed by atoms with Gasteiger partial charge >= 0.3 is 0 Å². The number of hydrogen-bond acceptors (Lipinski definition) is 2. The molecule has 0 radical (unpaired) electrons. The molecule has 2 aromatic carbocycles. The van der Waals surface area contributed by atoms with Crippen LogP contribution in [-0.4, -0.2) is 21.9 Å². The maximum absolute atomic E-state index is 4.76. The number of halogens is 1. The molecule has 0 bridgehead atoms. The lowest BCUT2D eigenvalue weighted by molar-refractivity contribution is 0.615. The molecule has 0 saturated heterocycles. The second-order valence-electron chi connectivity index (χ2n) is 5.57. The van der Waals surface area contributed by atoms with E-state index in [2.05, 4.69) is 51.3 Å². The number of unbranched alkanes of at least 4 members (excludes halogenated alkanes) is 1. The van der Waals surface area contributed by atoms with Crippen molar-refractivity contribution in [3.05, 3.63) is 60.7 Å². The lowest BCUT2D eigenvalue weighted by Gasteiger charge is -2.02. The molecule has 23 heavy (non-hydrogen) atoms. The molecule has 3 aromatic rings. The van der Waals surface area contributed by atoms with Gasteiger partial charge in [0.05, 0.1) is 6.33 Å². The van der Waals surface area contributed by atoms with Crippen LogP contribution in [0.2, 0.25) is 0 Å². The topological polar surface area (TPSA) is 42.2 Å². The first kappa shape index (κ1) is 16.0. The fourth-order valence-corrected chi connectivity index (χ4v) is 2.98. The Labute approximate surface area is 152 Å². The molecule has 0 aliphatic carbocycles. The van der Waals surface area contributed by atoms with Crippen molar-refractivity contribution >= 4 is 46.3 Å². The van der Waals surface area contributed by atoms with Crippen LogP contribution in [0.4, 0.5) is 5.69 Å². The van der Waals surface area contributed by atoms with Gasteiger partial charge in [-0.15, -0.1) is 24.0 Å². The smallest absolute Gasteiger partial charge is 0.133 e.